The molecule has 1 heteroatoms. The van der Waals surface area contributed by atoms with Gasteiger partial charge < -0.3 is 0 Å². The highest BCUT2D eigenvalue weighted by atomic mass is 32.1. The highest BCUT2D eigenvalue weighted by molar-refractivity contribution is 7.11. The van der Waals surface area contributed by atoms with Crippen molar-refractivity contribution < 1.29 is 0 Å². The first-order valence-electron chi connectivity index (χ1n) is 4.28. The van der Waals surface area contributed by atoms with Crippen LogP contribution in [0.25, 0.3) is 5.57 Å². The Bertz CT molecular complexity index is 304. The topological polar surface area (TPSA) is 0 Å². The molecule has 1 aromatic rings. The van der Waals surface area contributed by atoms with Gasteiger partial charge in [0.1, 0.15) is 0 Å². The molecule has 1 aliphatic rings. The molecule has 0 N–H and O–H groups in total. The van der Waals surface area contributed by atoms with Crippen LogP contribution in [0.15, 0.2) is 35.7 Å². The van der Waals surface area contributed by atoms with Gasteiger partial charge in [0.15, 0.2) is 0 Å². The van der Waals surface area contributed by atoms with Gasteiger partial charge in [-0.25, -0.2) is 0 Å². The van der Waals surface area contributed by atoms with Gasteiger partial charge in [-0.1, -0.05) is 31.2 Å². The Morgan fingerprint density at radius 3 is 3.08 bits per heavy atom. The molecule has 1 aromatic heterocycles. The van der Waals surface area contributed by atoms with Crippen molar-refractivity contribution in [3.63, 3.8) is 0 Å². The van der Waals surface area contributed by atoms with E-state index < -0.39 is 0 Å². The summed E-state index contributed by atoms with van der Waals surface area (Å²) >= 11 is 1.83. The van der Waals surface area contributed by atoms with Crippen LogP contribution < -0.4 is 0 Å². The summed E-state index contributed by atoms with van der Waals surface area (Å²) in [6, 6.07) is 4.32. The van der Waals surface area contributed by atoms with Crippen molar-refractivity contribution in [3.8, 4) is 0 Å². The summed E-state index contributed by atoms with van der Waals surface area (Å²) in [5, 5.41) is 2.14. The molecule has 62 valence electrons. The smallest absolute Gasteiger partial charge is 0.0305 e. The zero-order chi connectivity index (χ0) is 8.39. The van der Waals surface area contributed by atoms with E-state index in [1.165, 1.54) is 16.9 Å². The minimum atomic E-state index is 0.689. The lowest BCUT2D eigenvalue weighted by molar-refractivity contribution is 0.761. The minimum absolute atomic E-state index is 0.689. The van der Waals surface area contributed by atoms with Crippen LogP contribution in [-0.4, -0.2) is 0 Å². The molecular formula is C11H12S. The van der Waals surface area contributed by atoms with E-state index in [1.807, 2.05) is 11.3 Å². The summed E-state index contributed by atoms with van der Waals surface area (Å²) in [6.45, 7) is 2.29. The molecule has 1 unspecified atom stereocenters. The van der Waals surface area contributed by atoms with Gasteiger partial charge in [0.05, 0.1) is 0 Å². The van der Waals surface area contributed by atoms with Crippen molar-refractivity contribution >= 4 is 16.9 Å². The molecule has 0 nitrogen and oxygen atoms in total. The van der Waals surface area contributed by atoms with Crippen molar-refractivity contribution in [1.29, 1.82) is 0 Å². The van der Waals surface area contributed by atoms with E-state index in [0.717, 1.165) is 0 Å². The highest BCUT2D eigenvalue weighted by Crippen LogP contribution is 2.31. The first-order valence-corrected chi connectivity index (χ1v) is 5.16. The number of hydrogen-bond acceptors (Lipinski definition) is 1. The monoisotopic (exact) mass is 176 g/mol. The van der Waals surface area contributed by atoms with Gasteiger partial charge in [0.2, 0.25) is 0 Å². The standard InChI is InChI=1S/C11H12S/c1-9-5-2-3-6-10(9)11-7-4-8-12-11/h2-4,6-9H,5H2,1H3. The molecule has 2 rings (SSSR count). The Kier molecular flexibility index (Phi) is 2.13. The zero-order valence-corrected chi connectivity index (χ0v) is 7.97. The molecule has 0 spiro atoms. The van der Waals surface area contributed by atoms with E-state index in [9.17, 15) is 0 Å². The molecule has 0 saturated carbocycles. The first kappa shape index (κ1) is 7.81. The van der Waals surface area contributed by atoms with Crippen LogP contribution in [0.1, 0.15) is 18.2 Å². The Balaban J connectivity index is 2.34. The highest BCUT2D eigenvalue weighted by Gasteiger charge is 2.11. The van der Waals surface area contributed by atoms with Crippen molar-refractivity contribution in [3.05, 3.63) is 40.6 Å². The van der Waals surface area contributed by atoms with Crippen LogP contribution in [0.2, 0.25) is 0 Å². The molecule has 0 radical (unpaired) electrons. The van der Waals surface area contributed by atoms with E-state index in [-0.39, 0.29) is 0 Å². The van der Waals surface area contributed by atoms with Crippen LogP contribution in [-0.2, 0) is 0 Å². The van der Waals surface area contributed by atoms with Gasteiger partial charge in [-0.2, -0.15) is 0 Å². The number of rotatable bonds is 1. The van der Waals surface area contributed by atoms with Gasteiger partial charge in [0.25, 0.3) is 0 Å². The SMILES string of the molecule is CC1CC=CC=C1c1cccs1. The van der Waals surface area contributed by atoms with E-state index in [1.54, 1.807) is 0 Å². The Morgan fingerprint density at radius 2 is 2.42 bits per heavy atom. The normalized spacial score (nSPS) is 22.4. The minimum Gasteiger partial charge on any atom is -0.144 e. The maximum atomic E-state index is 2.29. The molecule has 1 atom stereocenters. The van der Waals surface area contributed by atoms with E-state index in [0.29, 0.717) is 5.92 Å². The zero-order valence-electron chi connectivity index (χ0n) is 7.16. The Morgan fingerprint density at radius 1 is 1.50 bits per heavy atom. The van der Waals surface area contributed by atoms with Gasteiger partial charge in [-0.3, -0.25) is 0 Å². The molecular weight excluding hydrogens is 164 g/mol. The fourth-order valence-corrected chi connectivity index (χ4v) is 2.38. The van der Waals surface area contributed by atoms with Crippen LogP contribution in [0.4, 0.5) is 0 Å². The summed E-state index contributed by atoms with van der Waals surface area (Å²) in [4.78, 5) is 1.42. The van der Waals surface area contributed by atoms with E-state index in [4.69, 9.17) is 0 Å². The second kappa shape index (κ2) is 3.28. The van der Waals surface area contributed by atoms with Crippen molar-refractivity contribution in [2.45, 2.75) is 13.3 Å². The third kappa shape index (κ3) is 1.37. The van der Waals surface area contributed by atoms with E-state index in [2.05, 4.69) is 42.7 Å². The second-order valence-corrected chi connectivity index (χ2v) is 4.11. The molecule has 0 fully saturated rings. The number of allylic oxidation sites excluding steroid dienone is 4. The summed E-state index contributed by atoms with van der Waals surface area (Å²) in [7, 11) is 0. The Hall–Kier alpha value is -0.820. The molecule has 0 saturated heterocycles. The third-order valence-corrected chi connectivity index (χ3v) is 3.16. The molecule has 1 aliphatic carbocycles. The average Bonchev–Trinajstić information content (AvgIpc) is 2.57. The van der Waals surface area contributed by atoms with Crippen molar-refractivity contribution in [1.82, 2.24) is 0 Å². The lowest BCUT2D eigenvalue weighted by Gasteiger charge is -2.15. The summed E-state index contributed by atoms with van der Waals surface area (Å²) < 4.78 is 0. The fourth-order valence-electron chi connectivity index (χ4n) is 1.51. The summed E-state index contributed by atoms with van der Waals surface area (Å²) in [5.41, 5.74) is 1.49. The molecule has 0 aromatic carbocycles. The van der Waals surface area contributed by atoms with Crippen LogP contribution >= 0.6 is 11.3 Å². The quantitative estimate of drug-likeness (QED) is 0.611. The van der Waals surface area contributed by atoms with Crippen molar-refractivity contribution in [2.75, 3.05) is 0 Å². The maximum absolute atomic E-state index is 2.29. The maximum Gasteiger partial charge on any atom is 0.0305 e. The van der Waals surface area contributed by atoms with Crippen LogP contribution in [0.3, 0.4) is 0 Å². The van der Waals surface area contributed by atoms with Crippen LogP contribution in [0, 0.1) is 5.92 Å². The Labute approximate surface area is 77.2 Å². The van der Waals surface area contributed by atoms with Crippen molar-refractivity contribution in [2.24, 2.45) is 5.92 Å². The molecule has 12 heavy (non-hydrogen) atoms. The van der Waals surface area contributed by atoms with E-state index >= 15 is 0 Å². The second-order valence-electron chi connectivity index (χ2n) is 3.16. The molecule has 0 aliphatic heterocycles. The lowest BCUT2D eigenvalue weighted by atomic mass is 9.92. The fraction of sp³-hybridized carbons (Fsp3) is 0.273. The van der Waals surface area contributed by atoms with Gasteiger partial charge >= 0.3 is 0 Å². The largest absolute Gasteiger partial charge is 0.144 e. The molecule has 1 heterocycles. The number of hydrogen-bond donors (Lipinski definition) is 0. The third-order valence-electron chi connectivity index (χ3n) is 2.24. The average molecular weight is 176 g/mol. The van der Waals surface area contributed by atoms with Gasteiger partial charge in [0, 0.05) is 4.88 Å². The predicted octanol–water partition coefficient (Wildman–Crippen LogP) is 3.73. The van der Waals surface area contributed by atoms with Gasteiger partial charge in [-0.15, -0.1) is 11.3 Å². The number of thiophene rings is 1. The van der Waals surface area contributed by atoms with Gasteiger partial charge in [-0.05, 0) is 29.4 Å². The molecule has 0 bridgehead atoms. The summed E-state index contributed by atoms with van der Waals surface area (Å²) in [5.74, 6) is 0.689. The first-order chi connectivity index (χ1) is 5.88. The van der Waals surface area contributed by atoms with Crippen LogP contribution in [0.5, 0.6) is 0 Å². The summed E-state index contributed by atoms with van der Waals surface area (Å²) in [6.07, 6.45) is 7.82. The predicted molar refractivity (Wildman–Crippen MR) is 55.2 cm³/mol. The molecule has 0 amide bonds. The lowest BCUT2D eigenvalue weighted by Crippen LogP contribution is -1.98.